The zero-order chi connectivity index (χ0) is 10.5. The smallest absolute Gasteiger partial charge is 0.148 e. The van der Waals surface area contributed by atoms with E-state index in [0.29, 0.717) is 0 Å². The highest BCUT2D eigenvalue weighted by Gasteiger charge is 2.14. The zero-order valence-corrected chi connectivity index (χ0v) is 10.1. The number of hydrogen-bond donors (Lipinski definition) is 2. The third kappa shape index (κ3) is 3.04. The van der Waals surface area contributed by atoms with Crippen LogP contribution in [-0.2, 0) is 6.54 Å². The maximum absolute atomic E-state index is 5.39. The van der Waals surface area contributed by atoms with E-state index in [0.717, 1.165) is 30.3 Å². The molecule has 1 aromatic rings. The van der Waals surface area contributed by atoms with Crippen LogP contribution >= 0.6 is 23.3 Å². The summed E-state index contributed by atoms with van der Waals surface area (Å²) in [6.45, 7) is 3.14. The second-order valence-electron chi connectivity index (χ2n) is 3.44. The number of rotatable bonds is 3. The molecule has 1 saturated heterocycles. The van der Waals surface area contributed by atoms with E-state index < -0.39 is 0 Å². The summed E-state index contributed by atoms with van der Waals surface area (Å²) in [6.07, 6.45) is 1.26. The van der Waals surface area contributed by atoms with Gasteiger partial charge in [-0.25, -0.2) is 5.84 Å². The molecular formula is C8H15N5S2. The van der Waals surface area contributed by atoms with Crippen LogP contribution in [0.2, 0.25) is 0 Å². The van der Waals surface area contributed by atoms with Crippen LogP contribution in [0, 0.1) is 0 Å². The molecule has 2 rings (SSSR count). The van der Waals surface area contributed by atoms with E-state index in [9.17, 15) is 0 Å². The first-order valence-corrected chi connectivity index (χ1v) is 6.91. The van der Waals surface area contributed by atoms with Crippen LogP contribution in [0.3, 0.4) is 0 Å². The minimum absolute atomic E-state index is 0.858. The van der Waals surface area contributed by atoms with Crippen LogP contribution in [0.1, 0.15) is 12.1 Å². The van der Waals surface area contributed by atoms with E-state index in [-0.39, 0.29) is 0 Å². The standard InChI is InChI=1S/C8H15N5S2/c9-10-8-7(11-12-15-8)6-13-2-1-4-14-5-3-13/h10H,1-6,9H2. The molecule has 0 aliphatic carbocycles. The summed E-state index contributed by atoms with van der Waals surface area (Å²) >= 11 is 3.34. The van der Waals surface area contributed by atoms with Crippen LogP contribution in [0.5, 0.6) is 0 Å². The van der Waals surface area contributed by atoms with E-state index in [4.69, 9.17) is 5.84 Å². The largest absolute Gasteiger partial charge is 0.313 e. The van der Waals surface area contributed by atoms with Gasteiger partial charge in [0.05, 0.1) is 0 Å². The Bertz CT molecular complexity index is 295. The van der Waals surface area contributed by atoms with Crippen molar-refractivity contribution in [2.45, 2.75) is 13.0 Å². The predicted molar refractivity (Wildman–Crippen MR) is 64.9 cm³/mol. The fourth-order valence-electron chi connectivity index (χ4n) is 1.59. The molecule has 1 fully saturated rings. The van der Waals surface area contributed by atoms with Gasteiger partial charge in [0.2, 0.25) is 0 Å². The average Bonchev–Trinajstić information content (AvgIpc) is 2.53. The van der Waals surface area contributed by atoms with E-state index >= 15 is 0 Å². The first kappa shape index (κ1) is 11.1. The topological polar surface area (TPSA) is 67.1 Å². The van der Waals surface area contributed by atoms with Crippen LogP contribution in [0.15, 0.2) is 0 Å². The van der Waals surface area contributed by atoms with Crippen LogP contribution in [0.25, 0.3) is 0 Å². The van der Waals surface area contributed by atoms with Gasteiger partial charge in [0.25, 0.3) is 0 Å². The second kappa shape index (κ2) is 5.64. The zero-order valence-electron chi connectivity index (χ0n) is 8.48. The van der Waals surface area contributed by atoms with E-state index in [1.807, 2.05) is 11.8 Å². The molecule has 0 aromatic carbocycles. The Morgan fingerprint density at radius 3 is 3.20 bits per heavy atom. The lowest BCUT2D eigenvalue weighted by molar-refractivity contribution is 0.284. The van der Waals surface area contributed by atoms with Crippen LogP contribution < -0.4 is 11.3 Å². The predicted octanol–water partition coefficient (Wildman–Crippen LogP) is 0.763. The van der Waals surface area contributed by atoms with Gasteiger partial charge in [0.1, 0.15) is 10.7 Å². The summed E-state index contributed by atoms with van der Waals surface area (Å²) in [5, 5.41) is 4.97. The molecule has 3 N–H and O–H groups in total. The van der Waals surface area contributed by atoms with Gasteiger partial charge in [0, 0.05) is 30.4 Å². The van der Waals surface area contributed by atoms with Gasteiger partial charge in [-0.1, -0.05) is 4.49 Å². The molecular weight excluding hydrogens is 230 g/mol. The third-order valence-corrected chi connectivity index (χ3v) is 4.12. The summed E-state index contributed by atoms with van der Waals surface area (Å²) in [7, 11) is 0. The number of hydrazine groups is 1. The van der Waals surface area contributed by atoms with E-state index in [2.05, 4.69) is 19.9 Å². The molecule has 0 spiro atoms. The summed E-state index contributed by atoms with van der Waals surface area (Å²) in [6, 6.07) is 0. The monoisotopic (exact) mass is 245 g/mol. The SMILES string of the molecule is NNc1snnc1CN1CCCSCC1. The molecule has 0 saturated carbocycles. The minimum atomic E-state index is 0.858. The van der Waals surface area contributed by atoms with Gasteiger partial charge in [-0.05, 0) is 18.7 Å². The fourth-order valence-corrected chi connectivity index (χ4v) is 3.00. The maximum atomic E-state index is 5.39. The number of nitrogens with one attached hydrogen (secondary N) is 1. The van der Waals surface area contributed by atoms with Crippen molar-refractivity contribution >= 4 is 28.3 Å². The number of hydrogen-bond acceptors (Lipinski definition) is 7. The highest BCUT2D eigenvalue weighted by atomic mass is 32.2. The van der Waals surface area contributed by atoms with Crippen molar-refractivity contribution in [1.29, 1.82) is 0 Å². The quantitative estimate of drug-likeness (QED) is 0.605. The molecule has 84 valence electrons. The summed E-state index contributed by atoms with van der Waals surface area (Å²) in [5.74, 6) is 7.87. The van der Waals surface area contributed by atoms with E-state index in [1.54, 1.807) is 0 Å². The third-order valence-electron chi connectivity index (χ3n) is 2.38. The van der Waals surface area contributed by atoms with Gasteiger partial charge >= 0.3 is 0 Å². The summed E-state index contributed by atoms with van der Waals surface area (Å²) < 4.78 is 3.90. The Morgan fingerprint density at radius 2 is 2.33 bits per heavy atom. The van der Waals surface area contributed by atoms with Crippen molar-refractivity contribution in [3.63, 3.8) is 0 Å². The normalized spacial score (nSPS) is 18.7. The molecule has 0 unspecified atom stereocenters. The van der Waals surface area contributed by atoms with Gasteiger partial charge in [-0.3, -0.25) is 4.90 Å². The molecule has 15 heavy (non-hydrogen) atoms. The molecule has 1 aliphatic rings. The highest BCUT2D eigenvalue weighted by Crippen LogP contribution is 2.19. The Hall–Kier alpha value is -0.370. The Kier molecular flexibility index (Phi) is 4.18. The molecule has 1 aliphatic heterocycles. The lowest BCUT2D eigenvalue weighted by Gasteiger charge is -2.18. The second-order valence-corrected chi connectivity index (χ2v) is 5.41. The molecule has 0 bridgehead atoms. The molecule has 0 radical (unpaired) electrons. The Morgan fingerprint density at radius 1 is 1.40 bits per heavy atom. The first-order valence-electron chi connectivity index (χ1n) is 4.98. The number of nitrogens with zero attached hydrogens (tertiary/aromatic N) is 3. The van der Waals surface area contributed by atoms with Crippen molar-refractivity contribution in [2.75, 3.05) is 30.0 Å². The molecule has 0 atom stereocenters. The van der Waals surface area contributed by atoms with Crippen molar-refractivity contribution in [3.05, 3.63) is 5.69 Å². The number of nitrogens with two attached hydrogens (primary N) is 1. The molecule has 2 heterocycles. The fraction of sp³-hybridized carbons (Fsp3) is 0.750. The van der Waals surface area contributed by atoms with Crippen molar-refractivity contribution in [3.8, 4) is 0 Å². The van der Waals surface area contributed by atoms with Gasteiger partial charge < -0.3 is 5.43 Å². The number of anilines is 1. The highest BCUT2D eigenvalue weighted by molar-refractivity contribution is 7.99. The van der Waals surface area contributed by atoms with Crippen molar-refractivity contribution in [1.82, 2.24) is 14.5 Å². The Labute approximate surface area is 97.5 Å². The maximum Gasteiger partial charge on any atom is 0.148 e. The molecule has 7 heteroatoms. The summed E-state index contributed by atoms with van der Waals surface area (Å²) in [4.78, 5) is 2.41. The van der Waals surface area contributed by atoms with Gasteiger partial charge in [0.15, 0.2) is 0 Å². The van der Waals surface area contributed by atoms with Gasteiger partial charge in [-0.2, -0.15) is 11.8 Å². The Balaban J connectivity index is 1.94. The first-order chi connectivity index (χ1) is 7.40. The van der Waals surface area contributed by atoms with Gasteiger partial charge in [-0.15, -0.1) is 5.10 Å². The van der Waals surface area contributed by atoms with Crippen molar-refractivity contribution < 1.29 is 0 Å². The molecule has 0 amide bonds. The average molecular weight is 245 g/mol. The summed E-state index contributed by atoms with van der Waals surface area (Å²) in [5.41, 5.74) is 3.61. The van der Waals surface area contributed by atoms with E-state index in [1.165, 1.54) is 29.5 Å². The number of thioether (sulfide) groups is 1. The van der Waals surface area contributed by atoms with Crippen LogP contribution in [0.4, 0.5) is 5.00 Å². The number of nitrogen functional groups attached to an aromatic ring is 1. The van der Waals surface area contributed by atoms with Crippen LogP contribution in [-0.4, -0.2) is 39.1 Å². The molecule has 1 aromatic heterocycles. The van der Waals surface area contributed by atoms with Crippen molar-refractivity contribution in [2.24, 2.45) is 5.84 Å². The molecule has 5 nitrogen and oxygen atoms in total. The minimum Gasteiger partial charge on any atom is -0.313 e. The lowest BCUT2D eigenvalue weighted by atomic mass is 10.3. The lowest BCUT2D eigenvalue weighted by Crippen LogP contribution is -2.26. The number of aromatic nitrogens is 2.